The number of benzene rings is 2. The topological polar surface area (TPSA) is 119 Å². The van der Waals surface area contributed by atoms with E-state index in [-0.39, 0.29) is 25.1 Å². The first-order valence-electron chi connectivity index (χ1n) is 11.9. The lowest BCUT2D eigenvalue weighted by atomic mass is 9.80. The summed E-state index contributed by atoms with van der Waals surface area (Å²) < 4.78 is 7.55. The van der Waals surface area contributed by atoms with E-state index < -0.39 is 5.41 Å². The number of aliphatic hydroxyl groups excluding tert-OH is 1. The van der Waals surface area contributed by atoms with Crippen LogP contribution in [0.1, 0.15) is 19.8 Å². The lowest BCUT2D eigenvalue weighted by Crippen LogP contribution is -2.45. The van der Waals surface area contributed by atoms with E-state index in [1.807, 2.05) is 41.8 Å². The predicted molar refractivity (Wildman–Crippen MR) is 143 cm³/mol. The predicted octanol–water partition coefficient (Wildman–Crippen LogP) is 4.25. The molecule has 9 nitrogen and oxygen atoms in total. The van der Waals surface area contributed by atoms with Gasteiger partial charge in [-0.15, -0.1) is 0 Å². The van der Waals surface area contributed by atoms with Gasteiger partial charge in [-0.2, -0.15) is 9.97 Å². The van der Waals surface area contributed by atoms with Crippen LogP contribution in [0.5, 0.6) is 6.01 Å². The van der Waals surface area contributed by atoms with Crippen LogP contribution in [0.25, 0.3) is 28.2 Å². The lowest BCUT2D eigenvalue weighted by molar-refractivity contribution is -0.127. The number of nitrogens with two attached hydrogens (primary N) is 1. The molecule has 11 heteroatoms. The number of imidazole rings is 1. The maximum absolute atomic E-state index is 12.0. The first kappa shape index (κ1) is 25.3. The molecule has 0 saturated carbocycles. The molecule has 0 bridgehead atoms. The van der Waals surface area contributed by atoms with Crippen molar-refractivity contribution < 1.29 is 14.6 Å². The fourth-order valence-corrected chi connectivity index (χ4v) is 4.81. The van der Waals surface area contributed by atoms with Gasteiger partial charge < -0.3 is 20.5 Å². The summed E-state index contributed by atoms with van der Waals surface area (Å²) in [6.07, 6.45) is 1.16. The zero-order valence-electron chi connectivity index (χ0n) is 20.2. The number of fused-ring (bicyclic) bond motifs is 1. The summed E-state index contributed by atoms with van der Waals surface area (Å²) in [7, 11) is 0. The summed E-state index contributed by atoms with van der Waals surface area (Å²) in [6, 6.07) is 14.9. The van der Waals surface area contributed by atoms with Gasteiger partial charge in [0.25, 0.3) is 0 Å². The van der Waals surface area contributed by atoms with E-state index in [1.165, 1.54) is 0 Å². The molecule has 0 radical (unpaired) electrons. The molecule has 0 spiro atoms. The van der Waals surface area contributed by atoms with Crippen molar-refractivity contribution in [2.75, 3.05) is 31.2 Å². The second kappa shape index (κ2) is 10.2. The van der Waals surface area contributed by atoms with Crippen LogP contribution in [0.2, 0.25) is 10.0 Å². The highest BCUT2D eigenvalue weighted by Crippen LogP contribution is 2.38. The van der Waals surface area contributed by atoms with Gasteiger partial charge >= 0.3 is 6.01 Å². The number of amides is 1. The molecule has 2 aromatic heterocycles. The van der Waals surface area contributed by atoms with E-state index in [0.717, 1.165) is 11.3 Å². The second-order valence-electron chi connectivity index (χ2n) is 9.21. The van der Waals surface area contributed by atoms with Gasteiger partial charge in [-0.05, 0) is 49.2 Å². The van der Waals surface area contributed by atoms with Crippen molar-refractivity contribution in [3.8, 4) is 23.1 Å². The number of piperidine rings is 1. The Morgan fingerprint density at radius 3 is 2.43 bits per heavy atom. The number of rotatable bonds is 7. The highest BCUT2D eigenvalue weighted by Gasteiger charge is 2.37. The minimum Gasteiger partial charge on any atom is -0.461 e. The van der Waals surface area contributed by atoms with E-state index in [0.29, 0.717) is 58.8 Å². The molecule has 1 saturated heterocycles. The zero-order valence-corrected chi connectivity index (χ0v) is 21.7. The smallest absolute Gasteiger partial charge is 0.320 e. The Morgan fingerprint density at radius 2 is 1.78 bits per heavy atom. The Kier molecular flexibility index (Phi) is 6.94. The standard InChI is InChI=1S/C26H26Cl2N6O3/c1-26(24(29)36)10-12-33(13-11-26)22-20-23(32-25(31-22)37-15-14-35)34(17-8-6-16(27)7-9-17)21(30-20)18-4-2-3-5-19(18)28/h2-9,35H,10-15H2,1H3,(H2,29,36). The molecule has 3 heterocycles. The lowest BCUT2D eigenvalue weighted by Gasteiger charge is -2.37. The van der Waals surface area contributed by atoms with E-state index in [4.69, 9.17) is 38.7 Å². The average molecular weight is 541 g/mol. The minimum atomic E-state index is -0.579. The maximum Gasteiger partial charge on any atom is 0.320 e. The number of ether oxygens (including phenoxy) is 1. The number of hydrogen-bond donors (Lipinski definition) is 2. The highest BCUT2D eigenvalue weighted by atomic mass is 35.5. The van der Waals surface area contributed by atoms with Crippen molar-refractivity contribution in [3.63, 3.8) is 0 Å². The van der Waals surface area contributed by atoms with E-state index in [9.17, 15) is 9.90 Å². The molecule has 5 rings (SSSR count). The molecule has 1 amide bonds. The van der Waals surface area contributed by atoms with Gasteiger partial charge in [0.05, 0.1) is 11.6 Å². The maximum atomic E-state index is 12.0. The quantitative estimate of drug-likeness (QED) is 0.359. The van der Waals surface area contributed by atoms with Crippen LogP contribution in [0.15, 0.2) is 48.5 Å². The molecule has 37 heavy (non-hydrogen) atoms. The number of aromatic nitrogens is 4. The van der Waals surface area contributed by atoms with Crippen LogP contribution in [0.3, 0.4) is 0 Å². The second-order valence-corrected chi connectivity index (χ2v) is 10.1. The van der Waals surface area contributed by atoms with E-state index in [1.54, 1.807) is 18.2 Å². The summed E-state index contributed by atoms with van der Waals surface area (Å²) in [5.74, 6) is 0.849. The number of aliphatic hydroxyl groups is 1. The van der Waals surface area contributed by atoms with Gasteiger partial charge in [0.1, 0.15) is 12.4 Å². The third-order valence-corrected chi connectivity index (χ3v) is 7.33. The van der Waals surface area contributed by atoms with Crippen LogP contribution in [0, 0.1) is 5.41 Å². The molecule has 2 aromatic carbocycles. The van der Waals surface area contributed by atoms with Crippen molar-refractivity contribution in [2.45, 2.75) is 19.8 Å². The molecule has 3 N–H and O–H groups in total. The third-order valence-electron chi connectivity index (χ3n) is 6.75. The van der Waals surface area contributed by atoms with Crippen LogP contribution in [-0.4, -0.2) is 56.8 Å². The van der Waals surface area contributed by atoms with Crippen molar-refractivity contribution in [2.24, 2.45) is 11.1 Å². The number of hydrogen-bond acceptors (Lipinski definition) is 7. The summed E-state index contributed by atoms with van der Waals surface area (Å²) in [6.45, 7) is 2.86. The molecular formula is C26H26Cl2N6O3. The minimum absolute atomic E-state index is 0.0388. The third kappa shape index (κ3) is 4.82. The molecule has 1 aliphatic rings. The number of carbonyl (C=O) groups is 1. The van der Waals surface area contributed by atoms with E-state index in [2.05, 4.69) is 14.9 Å². The van der Waals surface area contributed by atoms with Crippen LogP contribution in [0.4, 0.5) is 5.82 Å². The number of primary amides is 1. The first-order valence-corrected chi connectivity index (χ1v) is 12.7. The number of nitrogens with zero attached hydrogens (tertiary/aromatic N) is 5. The molecule has 0 atom stereocenters. The summed E-state index contributed by atoms with van der Waals surface area (Å²) in [5, 5.41) is 10.5. The summed E-state index contributed by atoms with van der Waals surface area (Å²) >= 11 is 12.8. The van der Waals surface area contributed by atoms with Gasteiger partial charge in [0.2, 0.25) is 5.91 Å². The number of anilines is 1. The molecule has 4 aromatic rings. The fourth-order valence-electron chi connectivity index (χ4n) is 4.46. The number of carbonyl (C=O) groups excluding carboxylic acids is 1. The highest BCUT2D eigenvalue weighted by molar-refractivity contribution is 6.33. The van der Waals surface area contributed by atoms with Gasteiger partial charge in [-0.1, -0.05) is 42.3 Å². The Bertz CT molecular complexity index is 1450. The molecule has 0 unspecified atom stereocenters. The Labute approximate surface area is 223 Å². The van der Waals surface area contributed by atoms with Crippen molar-refractivity contribution in [1.29, 1.82) is 0 Å². The summed E-state index contributed by atoms with van der Waals surface area (Å²) in [5.41, 5.74) is 7.66. The van der Waals surface area contributed by atoms with Crippen molar-refractivity contribution in [3.05, 3.63) is 58.6 Å². The number of halogens is 2. The monoisotopic (exact) mass is 540 g/mol. The fraction of sp³-hybridized carbons (Fsp3) is 0.308. The zero-order chi connectivity index (χ0) is 26.2. The molecule has 0 aliphatic carbocycles. The Hall–Kier alpha value is -3.40. The Morgan fingerprint density at radius 1 is 1.08 bits per heavy atom. The van der Waals surface area contributed by atoms with Crippen LogP contribution < -0.4 is 15.4 Å². The molecule has 192 valence electrons. The molecular weight excluding hydrogens is 515 g/mol. The van der Waals surface area contributed by atoms with Gasteiger partial charge in [-0.25, -0.2) is 4.98 Å². The average Bonchev–Trinajstić information content (AvgIpc) is 3.27. The first-order chi connectivity index (χ1) is 17.8. The summed E-state index contributed by atoms with van der Waals surface area (Å²) in [4.78, 5) is 28.4. The van der Waals surface area contributed by atoms with E-state index >= 15 is 0 Å². The van der Waals surface area contributed by atoms with Crippen LogP contribution in [-0.2, 0) is 4.79 Å². The molecule has 1 fully saturated rings. The Balaban J connectivity index is 1.73. The SMILES string of the molecule is CC1(C(N)=O)CCN(c2nc(OCCO)nc3c2nc(-c2ccccc2Cl)n3-c2ccc(Cl)cc2)CC1. The van der Waals surface area contributed by atoms with Gasteiger partial charge in [0.15, 0.2) is 17.0 Å². The molecule has 1 aliphatic heterocycles. The largest absolute Gasteiger partial charge is 0.461 e. The van der Waals surface area contributed by atoms with Gasteiger partial charge in [-0.3, -0.25) is 9.36 Å². The van der Waals surface area contributed by atoms with Gasteiger partial charge in [0, 0.05) is 34.8 Å². The normalized spacial score (nSPS) is 15.2. The van der Waals surface area contributed by atoms with Crippen LogP contribution >= 0.6 is 23.2 Å². The van der Waals surface area contributed by atoms with Crippen molar-refractivity contribution >= 4 is 46.1 Å². The van der Waals surface area contributed by atoms with Crippen molar-refractivity contribution in [1.82, 2.24) is 19.5 Å².